The number of nitrogens with one attached hydrogen (secondary N) is 2. The van der Waals surface area contributed by atoms with Gasteiger partial charge in [-0.05, 0) is 31.4 Å². The minimum Gasteiger partial charge on any atom is -0.480 e. The number of nitrogens with zero attached hydrogens (tertiary/aromatic N) is 1. The predicted octanol–water partition coefficient (Wildman–Crippen LogP) is 0.203. The van der Waals surface area contributed by atoms with Crippen LogP contribution in [0.3, 0.4) is 0 Å². The third kappa shape index (κ3) is 2.70. The smallest absolute Gasteiger partial charge is 0.329 e. The molecule has 2 aromatic rings. The van der Waals surface area contributed by atoms with Crippen LogP contribution in [0.4, 0.5) is 0 Å². The van der Waals surface area contributed by atoms with Gasteiger partial charge in [0.15, 0.2) is 0 Å². The molecule has 1 heterocycles. The number of rotatable bonds is 5. The molecule has 0 radical (unpaired) electrons. The first-order valence-corrected chi connectivity index (χ1v) is 7.69. The Bertz CT molecular complexity index is 923. The first kappa shape index (κ1) is 16.0. The summed E-state index contributed by atoms with van der Waals surface area (Å²) >= 11 is 0. The number of carboxylic acid groups (broad SMARTS) is 1. The average Bonchev–Trinajstić information content (AvgIpc) is 2.50. The van der Waals surface area contributed by atoms with Gasteiger partial charge >= 0.3 is 11.7 Å². The fourth-order valence-electron chi connectivity index (χ4n) is 2.93. The van der Waals surface area contributed by atoms with E-state index in [1.807, 2.05) is 0 Å². The highest BCUT2D eigenvalue weighted by Gasteiger charge is 2.45. The third-order valence-electron chi connectivity index (χ3n) is 4.46. The van der Waals surface area contributed by atoms with Crippen LogP contribution in [0.2, 0.25) is 0 Å². The van der Waals surface area contributed by atoms with Crippen molar-refractivity contribution in [3.8, 4) is 0 Å². The lowest BCUT2D eigenvalue weighted by Crippen LogP contribution is -2.59. The largest absolute Gasteiger partial charge is 0.480 e. The molecule has 126 valence electrons. The number of para-hydroxylation sites is 1. The van der Waals surface area contributed by atoms with Crippen LogP contribution in [0.1, 0.15) is 25.7 Å². The summed E-state index contributed by atoms with van der Waals surface area (Å²) in [7, 11) is 0. The number of fused-ring (bicyclic) bond motifs is 1. The summed E-state index contributed by atoms with van der Waals surface area (Å²) in [6.45, 7) is 0.0532. The van der Waals surface area contributed by atoms with E-state index >= 15 is 0 Å². The van der Waals surface area contributed by atoms with Crippen molar-refractivity contribution in [1.29, 1.82) is 0 Å². The molecule has 8 heteroatoms. The van der Waals surface area contributed by atoms with Crippen molar-refractivity contribution < 1.29 is 14.7 Å². The highest BCUT2D eigenvalue weighted by atomic mass is 16.4. The molecule has 1 aliphatic carbocycles. The van der Waals surface area contributed by atoms with E-state index in [1.165, 1.54) is 4.57 Å². The number of aliphatic carboxylic acids is 1. The summed E-state index contributed by atoms with van der Waals surface area (Å²) in [6.07, 6.45) is 1.53. The van der Waals surface area contributed by atoms with Crippen LogP contribution in [0, 0.1) is 0 Å². The van der Waals surface area contributed by atoms with Crippen molar-refractivity contribution in [3.05, 3.63) is 45.1 Å². The van der Waals surface area contributed by atoms with Gasteiger partial charge in [-0.15, -0.1) is 0 Å². The van der Waals surface area contributed by atoms with Gasteiger partial charge in [0.05, 0.1) is 10.9 Å². The van der Waals surface area contributed by atoms with E-state index in [0.29, 0.717) is 23.7 Å². The molecule has 1 aromatic carbocycles. The predicted molar refractivity (Wildman–Crippen MR) is 85.8 cm³/mol. The molecule has 8 nitrogen and oxygen atoms in total. The second kappa shape index (κ2) is 5.95. The van der Waals surface area contributed by atoms with Crippen LogP contribution in [0.5, 0.6) is 0 Å². The van der Waals surface area contributed by atoms with E-state index in [0.717, 1.165) is 6.42 Å². The summed E-state index contributed by atoms with van der Waals surface area (Å²) in [6, 6.07) is 6.62. The zero-order chi connectivity index (χ0) is 17.3. The minimum atomic E-state index is -1.17. The number of hydrogen-bond donors (Lipinski definition) is 3. The lowest BCUT2D eigenvalue weighted by molar-refractivity contribution is -0.151. The molecule has 0 unspecified atom stereocenters. The van der Waals surface area contributed by atoms with Crippen molar-refractivity contribution in [2.45, 2.75) is 37.8 Å². The van der Waals surface area contributed by atoms with Gasteiger partial charge in [0, 0.05) is 13.0 Å². The number of amides is 1. The number of carbonyl (C=O) groups is 2. The lowest BCUT2D eigenvalue weighted by Gasteiger charge is -2.38. The molecule has 1 amide bonds. The van der Waals surface area contributed by atoms with Crippen LogP contribution >= 0.6 is 0 Å². The van der Waals surface area contributed by atoms with Crippen molar-refractivity contribution in [3.63, 3.8) is 0 Å². The van der Waals surface area contributed by atoms with Crippen molar-refractivity contribution >= 4 is 22.8 Å². The van der Waals surface area contributed by atoms with Crippen LogP contribution in [-0.4, -0.2) is 32.1 Å². The quantitative estimate of drug-likeness (QED) is 0.723. The summed E-state index contributed by atoms with van der Waals surface area (Å²) in [5, 5.41) is 12.1. The molecule has 0 atom stereocenters. The maximum atomic E-state index is 12.1. The SMILES string of the molecule is O=C(CCn1c(=O)[nH]c(=O)c2ccccc21)NC1(C(=O)O)CCC1. The number of carbonyl (C=O) groups excluding carboxylic acids is 1. The molecule has 0 bridgehead atoms. The summed E-state index contributed by atoms with van der Waals surface area (Å²) < 4.78 is 1.31. The van der Waals surface area contributed by atoms with E-state index in [2.05, 4.69) is 10.3 Å². The molecule has 24 heavy (non-hydrogen) atoms. The topological polar surface area (TPSA) is 121 Å². The van der Waals surface area contributed by atoms with E-state index in [-0.39, 0.29) is 13.0 Å². The monoisotopic (exact) mass is 331 g/mol. The molecular formula is C16H17N3O5. The second-order valence-corrected chi connectivity index (χ2v) is 5.97. The fraction of sp³-hybridized carbons (Fsp3) is 0.375. The van der Waals surface area contributed by atoms with Crippen molar-refractivity contribution in [2.24, 2.45) is 0 Å². The van der Waals surface area contributed by atoms with Gasteiger partial charge in [0.1, 0.15) is 5.54 Å². The molecule has 1 fully saturated rings. The third-order valence-corrected chi connectivity index (χ3v) is 4.46. The van der Waals surface area contributed by atoms with Crippen molar-refractivity contribution in [2.75, 3.05) is 0 Å². The first-order valence-electron chi connectivity index (χ1n) is 7.69. The Kier molecular flexibility index (Phi) is 3.96. The number of aryl methyl sites for hydroxylation is 1. The number of benzene rings is 1. The van der Waals surface area contributed by atoms with Crippen molar-refractivity contribution in [1.82, 2.24) is 14.9 Å². The molecule has 3 N–H and O–H groups in total. The zero-order valence-corrected chi connectivity index (χ0v) is 12.9. The first-order chi connectivity index (χ1) is 11.4. The summed E-state index contributed by atoms with van der Waals surface area (Å²) in [5.74, 6) is -1.46. The summed E-state index contributed by atoms with van der Waals surface area (Å²) in [5.41, 5.74) is -1.80. The second-order valence-electron chi connectivity index (χ2n) is 5.97. The standard InChI is InChI=1S/C16H17N3O5/c20-12(18-16(14(22)23)7-3-8-16)6-9-19-11-5-2-1-4-10(11)13(21)17-15(19)24/h1-2,4-5H,3,6-9H2,(H,18,20)(H,22,23)(H,17,21,24). The Hall–Kier alpha value is -2.90. The minimum absolute atomic E-state index is 0.0506. The Morgan fingerprint density at radius 2 is 1.96 bits per heavy atom. The van der Waals surface area contributed by atoms with Crippen LogP contribution in [-0.2, 0) is 16.1 Å². The van der Waals surface area contributed by atoms with Gasteiger partial charge in [0.2, 0.25) is 5.91 Å². The number of hydrogen-bond acceptors (Lipinski definition) is 4. The number of carboxylic acids is 1. The van der Waals surface area contributed by atoms with Gasteiger partial charge in [-0.2, -0.15) is 0 Å². The molecular weight excluding hydrogens is 314 g/mol. The fourth-order valence-corrected chi connectivity index (χ4v) is 2.93. The molecule has 3 rings (SSSR count). The van der Waals surface area contributed by atoms with Crippen LogP contribution in [0.25, 0.3) is 10.9 Å². The van der Waals surface area contributed by atoms with Crippen LogP contribution < -0.4 is 16.6 Å². The zero-order valence-electron chi connectivity index (χ0n) is 12.9. The molecule has 0 saturated heterocycles. The average molecular weight is 331 g/mol. The normalized spacial score (nSPS) is 15.7. The molecule has 0 spiro atoms. The van der Waals surface area contributed by atoms with Gasteiger partial charge in [-0.1, -0.05) is 12.1 Å². The molecule has 1 saturated carbocycles. The summed E-state index contributed by atoms with van der Waals surface area (Å²) in [4.78, 5) is 49.4. The van der Waals surface area contributed by atoms with E-state index in [1.54, 1.807) is 24.3 Å². The highest BCUT2D eigenvalue weighted by molar-refractivity contribution is 5.88. The van der Waals surface area contributed by atoms with Crippen LogP contribution in [0.15, 0.2) is 33.9 Å². The van der Waals surface area contributed by atoms with Gasteiger partial charge in [0.25, 0.3) is 5.56 Å². The van der Waals surface area contributed by atoms with E-state index in [4.69, 9.17) is 0 Å². The molecule has 1 aromatic heterocycles. The number of H-pyrrole nitrogens is 1. The molecule has 0 aliphatic heterocycles. The highest BCUT2D eigenvalue weighted by Crippen LogP contribution is 2.32. The maximum absolute atomic E-state index is 12.1. The number of aromatic amines is 1. The van der Waals surface area contributed by atoms with E-state index in [9.17, 15) is 24.3 Å². The number of aromatic nitrogens is 2. The Morgan fingerprint density at radius 3 is 2.58 bits per heavy atom. The molecule has 1 aliphatic rings. The van der Waals surface area contributed by atoms with Gasteiger partial charge in [-0.25, -0.2) is 9.59 Å². The Balaban J connectivity index is 1.79. The Labute approximate surface area is 136 Å². The van der Waals surface area contributed by atoms with Gasteiger partial charge in [-0.3, -0.25) is 19.1 Å². The lowest BCUT2D eigenvalue weighted by atomic mass is 9.76. The van der Waals surface area contributed by atoms with Gasteiger partial charge < -0.3 is 10.4 Å². The maximum Gasteiger partial charge on any atom is 0.329 e. The van der Waals surface area contributed by atoms with E-state index < -0.39 is 28.7 Å². The Morgan fingerprint density at radius 1 is 1.25 bits per heavy atom.